The summed E-state index contributed by atoms with van der Waals surface area (Å²) in [6.07, 6.45) is 3.98. The Labute approximate surface area is 123 Å². The minimum absolute atomic E-state index is 0.0785. The normalized spacial score (nSPS) is 15.7. The van der Waals surface area contributed by atoms with Crippen molar-refractivity contribution in [1.29, 1.82) is 0 Å². The fourth-order valence-electron chi connectivity index (χ4n) is 2.16. The second-order valence-corrected chi connectivity index (χ2v) is 5.54. The van der Waals surface area contributed by atoms with Gasteiger partial charge in [-0.05, 0) is 32.0 Å². The summed E-state index contributed by atoms with van der Waals surface area (Å²) in [5, 5.41) is 0.526. The van der Waals surface area contributed by atoms with E-state index in [-0.39, 0.29) is 11.1 Å². The number of rotatable bonds is 4. The van der Waals surface area contributed by atoms with Crippen LogP contribution in [-0.2, 0) is 0 Å². The topological polar surface area (TPSA) is 36.4 Å². The first-order valence-electron chi connectivity index (χ1n) is 6.37. The van der Waals surface area contributed by atoms with Gasteiger partial charge in [-0.25, -0.2) is 4.98 Å². The Kier molecular flexibility index (Phi) is 5.02. The van der Waals surface area contributed by atoms with Crippen LogP contribution in [0.1, 0.15) is 23.2 Å². The monoisotopic (exact) mass is 301 g/mol. The molecule has 0 spiro atoms. The first-order chi connectivity index (χ1) is 9.08. The minimum atomic E-state index is -0.0785. The molecule has 0 saturated carbocycles. The van der Waals surface area contributed by atoms with Crippen LogP contribution in [0, 0.1) is 0 Å². The molecule has 1 amide bonds. The molecule has 0 bridgehead atoms. The third-order valence-electron chi connectivity index (χ3n) is 3.34. The summed E-state index contributed by atoms with van der Waals surface area (Å²) in [5.74, 6) is -0.0785. The largest absolute Gasteiger partial charge is 0.340 e. The zero-order chi connectivity index (χ0) is 13.8. The maximum Gasteiger partial charge on any atom is 0.255 e. The smallest absolute Gasteiger partial charge is 0.255 e. The molecule has 0 aromatic carbocycles. The molecule has 1 saturated heterocycles. The number of hydrogen-bond donors (Lipinski definition) is 0. The summed E-state index contributed by atoms with van der Waals surface area (Å²) < 4.78 is 0. The predicted octanol–water partition coefficient (Wildman–Crippen LogP) is 2.56. The van der Waals surface area contributed by atoms with E-state index in [2.05, 4.69) is 9.88 Å². The summed E-state index contributed by atoms with van der Waals surface area (Å²) in [4.78, 5) is 20.1. The molecule has 0 radical (unpaired) electrons. The summed E-state index contributed by atoms with van der Waals surface area (Å²) in [7, 11) is 1.79. The molecular formula is C13H17Cl2N3O. The van der Waals surface area contributed by atoms with Crippen molar-refractivity contribution in [3.8, 4) is 0 Å². The van der Waals surface area contributed by atoms with Crippen LogP contribution in [0.4, 0.5) is 0 Å². The van der Waals surface area contributed by atoms with Gasteiger partial charge in [0.25, 0.3) is 5.91 Å². The maximum atomic E-state index is 12.2. The Bertz CT molecular complexity index is 461. The van der Waals surface area contributed by atoms with Gasteiger partial charge in [-0.1, -0.05) is 23.2 Å². The number of likely N-dealkylation sites (tertiary alicyclic amines) is 1. The number of carbonyl (C=O) groups excluding carboxylic acids is 1. The van der Waals surface area contributed by atoms with E-state index in [1.165, 1.54) is 19.0 Å². The molecule has 0 N–H and O–H groups in total. The molecule has 1 aliphatic heterocycles. The third kappa shape index (κ3) is 3.81. The van der Waals surface area contributed by atoms with Crippen molar-refractivity contribution in [3.05, 3.63) is 28.0 Å². The van der Waals surface area contributed by atoms with Gasteiger partial charge in [0.05, 0.1) is 10.6 Å². The van der Waals surface area contributed by atoms with E-state index in [4.69, 9.17) is 23.2 Å². The van der Waals surface area contributed by atoms with Crippen molar-refractivity contribution in [2.45, 2.75) is 12.8 Å². The lowest BCUT2D eigenvalue weighted by molar-refractivity contribution is 0.0782. The highest BCUT2D eigenvalue weighted by molar-refractivity contribution is 6.41. The number of aromatic nitrogens is 1. The van der Waals surface area contributed by atoms with Crippen LogP contribution in [0.2, 0.25) is 10.2 Å². The molecule has 19 heavy (non-hydrogen) atoms. The lowest BCUT2D eigenvalue weighted by Crippen LogP contribution is -2.35. The van der Waals surface area contributed by atoms with Crippen LogP contribution in [0.25, 0.3) is 0 Å². The molecule has 2 rings (SSSR count). The molecule has 1 aromatic heterocycles. The third-order valence-corrected chi connectivity index (χ3v) is 4.03. The van der Waals surface area contributed by atoms with Crippen LogP contribution in [-0.4, -0.2) is 53.9 Å². The number of amides is 1. The summed E-state index contributed by atoms with van der Waals surface area (Å²) in [5.41, 5.74) is 0.471. The van der Waals surface area contributed by atoms with Crippen LogP contribution in [0.15, 0.2) is 12.3 Å². The number of pyridine rings is 1. The van der Waals surface area contributed by atoms with E-state index in [1.54, 1.807) is 18.0 Å². The highest BCUT2D eigenvalue weighted by Gasteiger charge is 2.16. The predicted molar refractivity (Wildman–Crippen MR) is 76.9 cm³/mol. The van der Waals surface area contributed by atoms with Crippen molar-refractivity contribution in [1.82, 2.24) is 14.8 Å². The average molecular weight is 302 g/mol. The van der Waals surface area contributed by atoms with Gasteiger partial charge in [-0.15, -0.1) is 0 Å². The van der Waals surface area contributed by atoms with E-state index < -0.39 is 0 Å². The second-order valence-electron chi connectivity index (χ2n) is 4.77. The van der Waals surface area contributed by atoms with Crippen molar-refractivity contribution < 1.29 is 4.79 Å². The molecule has 1 aromatic rings. The van der Waals surface area contributed by atoms with Gasteiger partial charge in [-0.2, -0.15) is 0 Å². The Balaban J connectivity index is 1.92. The number of nitrogens with zero attached hydrogens (tertiary/aromatic N) is 3. The van der Waals surface area contributed by atoms with E-state index in [0.29, 0.717) is 17.1 Å². The molecule has 0 aliphatic carbocycles. The van der Waals surface area contributed by atoms with Crippen LogP contribution in [0.3, 0.4) is 0 Å². The van der Waals surface area contributed by atoms with Gasteiger partial charge in [0.2, 0.25) is 0 Å². The molecule has 1 fully saturated rings. The number of halogens is 2. The molecule has 104 valence electrons. The van der Waals surface area contributed by atoms with Crippen LogP contribution < -0.4 is 0 Å². The molecular weight excluding hydrogens is 285 g/mol. The standard InChI is InChI=1S/C13H17Cl2N3O/c1-17(6-7-18-4-2-3-5-18)13(19)10-8-11(14)12(15)16-9-10/h8-9H,2-7H2,1H3. The van der Waals surface area contributed by atoms with Crippen LogP contribution >= 0.6 is 23.2 Å². The van der Waals surface area contributed by atoms with Gasteiger partial charge >= 0.3 is 0 Å². The highest BCUT2D eigenvalue weighted by Crippen LogP contribution is 2.20. The Morgan fingerprint density at radius 3 is 2.74 bits per heavy atom. The number of carbonyl (C=O) groups is 1. The van der Waals surface area contributed by atoms with Gasteiger partial charge in [0.1, 0.15) is 5.15 Å². The highest BCUT2D eigenvalue weighted by atomic mass is 35.5. The fourth-order valence-corrected chi connectivity index (χ4v) is 2.43. The summed E-state index contributed by atoms with van der Waals surface area (Å²) in [6.45, 7) is 3.89. The average Bonchev–Trinajstić information content (AvgIpc) is 2.91. The van der Waals surface area contributed by atoms with Crippen molar-refractivity contribution in [2.75, 3.05) is 33.2 Å². The van der Waals surface area contributed by atoms with E-state index in [9.17, 15) is 4.79 Å². The van der Waals surface area contributed by atoms with Crippen molar-refractivity contribution in [2.24, 2.45) is 0 Å². The maximum absolute atomic E-state index is 12.2. The molecule has 0 unspecified atom stereocenters. The number of hydrogen-bond acceptors (Lipinski definition) is 3. The lowest BCUT2D eigenvalue weighted by Gasteiger charge is -2.21. The number of likely N-dealkylation sites (N-methyl/N-ethyl adjacent to an activating group) is 1. The van der Waals surface area contributed by atoms with E-state index in [0.717, 1.165) is 19.6 Å². The molecule has 0 atom stereocenters. The zero-order valence-corrected chi connectivity index (χ0v) is 12.4. The summed E-state index contributed by atoms with van der Waals surface area (Å²) >= 11 is 11.6. The van der Waals surface area contributed by atoms with Gasteiger partial charge in [0, 0.05) is 26.3 Å². The van der Waals surface area contributed by atoms with Gasteiger partial charge in [0.15, 0.2) is 0 Å². The molecule has 2 heterocycles. The first kappa shape index (κ1) is 14.6. The Morgan fingerprint density at radius 1 is 1.42 bits per heavy atom. The fraction of sp³-hybridized carbons (Fsp3) is 0.538. The van der Waals surface area contributed by atoms with Crippen molar-refractivity contribution >= 4 is 29.1 Å². The SMILES string of the molecule is CN(CCN1CCCC1)C(=O)c1cnc(Cl)c(Cl)c1. The van der Waals surface area contributed by atoms with Crippen molar-refractivity contribution in [3.63, 3.8) is 0 Å². The van der Waals surface area contributed by atoms with Gasteiger partial charge < -0.3 is 9.80 Å². The minimum Gasteiger partial charge on any atom is -0.340 e. The molecule has 6 heteroatoms. The lowest BCUT2D eigenvalue weighted by atomic mass is 10.2. The second kappa shape index (κ2) is 6.55. The summed E-state index contributed by atoms with van der Waals surface area (Å²) in [6, 6.07) is 1.56. The quantitative estimate of drug-likeness (QED) is 0.802. The van der Waals surface area contributed by atoms with E-state index >= 15 is 0 Å². The van der Waals surface area contributed by atoms with Crippen LogP contribution in [0.5, 0.6) is 0 Å². The first-order valence-corrected chi connectivity index (χ1v) is 7.12. The zero-order valence-electron chi connectivity index (χ0n) is 10.9. The van der Waals surface area contributed by atoms with Gasteiger partial charge in [-0.3, -0.25) is 4.79 Å². The Morgan fingerprint density at radius 2 is 2.11 bits per heavy atom. The Hall–Kier alpha value is -0.840. The van der Waals surface area contributed by atoms with E-state index in [1.807, 2.05) is 0 Å². The molecule has 4 nitrogen and oxygen atoms in total. The molecule has 1 aliphatic rings.